The third-order valence-corrected chi connectivity index (χ3v) is 3.58. The first-order chi connectivity index (χ1) is 6.57. The normalized spacial score (nSPS) is 10.4. The fraction of sp³-hybridized carbons (Fsp3) is 0.300. The van der Waals surface area contributed by atoms with Gasteiger partial charge in [-0.25, -0.2) is 0 Å². The number of halogens is 2. The summed E-state index contributed by atoms with van der Waals surface area (Å²) in [7, 11) is 0.247. The topological polar surface area (TPSA) is 17.1 Å². The Kier molecular flexibility index (Phi) is 7.18. The van der Waals surface area contributed by atoms with Gasteiger partial charge in [0.2, 0.25) is 0 Å². The van der Waals surface area contributed by atoms with E-state index >= 15 is 0 Å². The molecule has 0 aromatic heterocycles. The van der Waals surface area contributed by atoms with Gasteiger partial charge in [-0.3, -0.25) is 4.79 Å². The molecule has 0 aliphatic rings. The molecular weight excluding hydrogens is 245 g/mol. The SMILES string of the molecule is CCPC(=O)c1c(Cl)ccc(C)c1Cl.[LiH]. The first-order valence-corrected chi connectivity index (χ1v) is 6.27. The van der Waals surface area contributed by atoms with Gasteiger partial charge in [-0.05, 0) is 33.3 Å². The van der Waals surface area contributed by atoms with Crippen molar-refractivity contribution in [3.8, 4) is 0 Å². The Morgan fingerprint density at radius 1 is 1.40 bits per heavy atom. The molecule has 0 spiro atoms. The predicted octanol–water partition coefficient (Wildman–Crippen LogP) is 3.49. The van der Waals surface area contributed by atoms with Gasteiger partial charge in [0.1, 0.15) is 0 Å². The second-order valence-corrected chi connectivity index (χ2v) is 5.21. The zero-order valence-electron chi connectivity index (χ0n) is 8.03. The van der Waals surface area contributed by atoms with Gasteiger partial charge < -0.3 is 0 Å². The van der Waals surface area contributed by atoms with Crippen LogP contribution in [0.25, 0.3) is 0 Å². The van der Waals surface area contributed by atoms with Gasteiger partial charge in [-0.2, -0.15) is 0 Å². The zero-order chi connectivity index (χ0) is 10.7. The standard InChI is InChI=1S/C10H11Cl2OP.Li.H/c1-3-14-10(13)8-7(11)5-4-6(2)9(8)12;;/h4-5,14H,3H2,1-2H3;;. The molecule has 0 aliphatic heterocycles. The molecule has 0 N–H and O–H groups in total. The van der Waals surface area contributed by atoms with Crippen LogP contribution in [0.15, 0.2) is 12.1 Å². The van der Waals surface area contributed by atoms with E-state index in [4.69, 9.17) is 23.2 Å². The van der Waals surface area contributed by atoms with Crippen molar-refractivity contribution in [1.82, 2.24) is 0 Å². The maximum atomic E-state index is 11.7. The van der Waals surface area contributed by atoms with E-state index in [0.29, 0.717) is 15.6 Å². The quantitative estimate of drug-likeness (QED) is 0.598. The second kappa shape index (κ2) is 6.95. The van der Waals surface area contributed by atoms with Crippen molar-refractivity contribution in [3.05, 3.63) is 33.3 Å². The molecule has 0 amide bonds. The predicted molar refractivity (Wildman–Crippen MR) is 71.5 cm³/mol. The summed E-state index contributed by atoms with van der Waals surface area (Å²) in [5.41, 5.74) is 1.42. The Morgan fingerprint density at radius 3 is 2.53 bits per heavy atom. The molecule has 15 heavy (non-hydrogen) atoms. The van der Waals surface area contributed by atoms with Crippen LogP contribution in [0.2, 0.25) is 10.0 Å². The Labute approximate surface area is 114 Å². The van der Waals surface area contributed by atoms with E-state index in [-0.39, 0.29) is 33.0 Å². The van der Waals surface area contributed by atoms with Gasteiger partial charge in [0.05, 0.1) is 15.6 Å². The molecule has 1 aromatic rings. The first kappa shape index (κ1) is 15.5. The molecular formula is C10H12Cl2LiOP. The summed E-state index contributed by atoms with van der Waals surface area (Å²) in [4.78, 5) is 11.7. The van der Waals surface area contributed by atoms with Gasteiger partial charge in [0, 0.05) is 0 Å². The summed E-state index contributed by atoms with van der Waals surface area (Å²) in [5.74, 6) is 0. The molecule has 0 heterocycles. The van der Waals surface area contributed by atoms with Crippen LogP contribution in [0.5, 0.6) is 0 Å². The van der Waals surface area contributed by atoms with Gasteiger partial charge in [-0.1, -0.05) is 36.2 Å². The Hall–Kier alpha value is 0.497. The number of hydrogen-bond acceptors (Lipinski definition) is 1. The van der Waals surface area contributed by atoms with Crippen LogP contribution in [-0.4, -0.2) is 30.5 Å². The average Bonchev–Trinajstić information content (AvgIpc) is 2.13. The number of hydrogen-bond donors (Lipinski definition) is 0. The molecule has 1 nitrogen and oxygen atoms in total. The first-order valence-electron chi connectivity index (χ1n) is 4.30. The average molecular weight is 257 g/mol. The summed E-state index contributed by atoms with van der Waals surface area (Å²) in [5, 5.41) is 0.940. The molecule has 0 aliphatic carbocycles. The van der Waals surface area contributed by atoms with Crippen LogP contribution in [0.1, 0.15) is 22.8 Å². The van der Waals surface area contributed by atoms with E-state index in [2.05, 4.69) is 0 Å². The van der Waals surface area contributed by atoms with Gasteiger partial charge in [0.15, 0.2) is 5.52 Å². The molecule has 0 radical (unpaired) electrons. The van der Waals surface area contributed by atoms with Crippen LogP contribution >= 0.6 is 31.8 Å². The van der Waals surface area contributed by atoms with Crippen molar-refractivity contribution >= 4 is 56.2 Å². The molecule has 0 bridgehead atoms. The number of benzene rings is 1. The molecule has 0 saturated heterocycles. The van der Waals surface area contributed by atoms with Crippen molar-refractivity contribution in [3.63, 3.8) is 0 Å². The second-order valence-electron chi connectivity index (χ2n) is 2.91. The number of rotatable bonds is 3. The molecule has 0 saturated carbocycles. The summed E-state index contributed by atoms with van der Waals surface area (Å²) in [6, 6.07) is 3.53. The van der Waals surface area contributed by atoms with Crippen LogP contribution < -0.4 is 0 Å². The molecule has 0 fully saturated rings. The number of carbonyl (C=O) groups excluding carboxylic acids is 1. The van der Waals surface area contributed by atoms with E-state index in [0.717, 1.165) is 11.7 Å². The van der Waals surface area contributed by atoms with E-state index in [1.54, 1.807) is 6.07 Å². The van der Waals surface area contributed by atoms with E-state index < -0.39 is 0 Å². The van der Waals surface area contributed by atoms with Crippen molar-refractivity contribution < 1.29 is 4.79 Å². The minimum absolute atomic E-state index is 0. The Balaban J connectivity index is 0.00000196. The molecule has 1 aromatic carbocycles. The van der Waals surface area contributed by atoms with Gasteiger partial charge in [-0.15, -0.1) is 0 Å². The Morgan fingerprint density at radius 2 is 2.00 bits per heavy atom. The van der Waals surface area contributed by atoms with Crippen LogP contribution in [-0.2, 0) is 0 Å². The van der Waals surface area contributed by atoms with E-state index in [1.807, 2.05) is 19.9 Å². The summed E-state index contributed by atoms with van der Waals surface area (Å²) in [6.07, 6.45) is 0.833. The van der Waals surface area contributed by atoms with Crippen molar-refractivity contribution in [2.45, 2.75) is 13.8 Å². The van der Waals surface area contributed by atoms with Crippen LogP contribution in [0, 0.1) is 6.92 Å². The van der Waals surface area contributed by atoms with Gasteiger partial charge in [0.25, 0.3) is 0 Å². The third kappa shape index (κ3) is 3.77. The zero-order valence-corrected chi connectivity index (χ0v) is 10.5. The molecule has 1 unspecified atom stereocenters. The Bertz CT molecular complexity index is 369. The number of aryl methyl sites for hydroxylation is 1. The molecule has 1 rings (SSSR count). The molecule has 5 heteroatoms. The minimum atomic E-state index is 0. The summed E-state index contributed by atoms with van der Waals surface area (Å²) >= 11 is 12.0. The van der Waals surface area contributed by atoms with Crippen LogP contribution in [0.4, 0.5) is 0 Å². The van der Waals surface area contributed by atoms with E-state index in [9.17, 15) is 4.79 Å². The van der Waals surface area contributed by atoms with Crippen molar-refractivity contribution in [2.24, 2.45) is 0 Å². The van der Waals surface area contributed by atoms with Crippen molar-refractivity contribution in [2.75, 3.05) is 6.16 Å². The maximum absolute atomic E-state index is 11.7. The third-order valence-electron chi connectivity index (χ3n) is 1.85. The fourth-order valence-electron chi connectivity index (χ4n) is 1.11. The monoisotopic (exact) mass is 256 g/mol. The summed E-state index contributed by atoms with van der Waals surface area (Å²) < 4.78 is 0. The van der Waals surface area contributed by atoms with Crippen molar-refractivity contribution in [1.29, 1.82) is 0 Å². The molecule has 1 atom stereocenters. The molecule has 78 valence electrons. The van der Waals surface area contributed by atoms with E-state index in [1.165, 1.54) is 0 Å². The number of carbonyl (C=O) groups is 1. The van der Waals surface area contributed by atoms with Gasteiger partial charge >= 0.3 is 18.9 Å². The summed E-state index contributed by atoms with van der Waals surface area (Å²) in [6.45, 7) is 3.83. The fourth-order valence-corrected chi connectivity index (χ4v) is 2.57. The van der Waals surface area contributed by atoms with Crippen LogP contribution in [0.3, 0.4) is 0 Å².